The molecule has 3 aromatic carbocycles. The van der Waals surface area contributed by atoms with Crippen molar-refractivity contribution in [3.8, 4) is 0 Å². The van der Waals surface area contributed by atoms with E-state index >= 15 is 0 Å². The van der Waals surface area contributed by atoms with Crippen molar-refractivity contribution >= 4 is 50.7 Å². The summed E-state index contributed by atoms with van der Waals surface area (Å²) in [5, 5.41) is 3.46. The highest BCUT2D eigenvalue weighted by molar-refractivity contribution is 7.92. The van der Waals surface area contributed by atoms with Crippen LogP contribution in [0.5, 0.6) is 0 Å². The van der Waals surface area contributed by atoms with Gasteiger partial charge in [0.25, 0.3) is 10.0 Å². The first-order valence-electron chi connectivity index (χ1n) is 12.5. The maximum atomic E-state index is 13.9. The summed E-state index contributed by atoms with van der Waals surface area (Å²) in [6.45, 7) is 8.13. The molecule has 0 aliphatic rings. The van der Waals surface area contributed by atoms with E-state index in [-0.39, 0.29) is 22.2 Å². The number of sulfonamides is 1. The highest BCUT2D eigenvalue weighted by atomic mass is 35.5. The zero-order valence-electron chi connectivity index (χ0n) is 22.9. The molecule has 3 aromatic rings. The van der Waals surface area contributed by atoms with Gasteiger partial charge < -0.3 is 10.2 Å². The molecule has 3 rings (SSSR count). The Hall–Kier alpha value is -3.14. The van der Waals surface area contributed by atoms with E-state index in [0.29, 0.717) is 10.6 Å². The topological polar surface area (TPSA) is 86.8 Å². The average molecular weight is 609 g/mol. The number of anilines is 1. The van der Waals surface area contributed by atoms with Gasteiger partial charge in [-0.05, 0) is 88.7 Å². The molecule has 214 valence electrons. The second-order valence-corrected chi connectivity index (χ2v) is 13.2. The lowest BCUT2D eigenvalue weighted by Gasteiger charge is -2.33. The number of hydrogen-bond donors (Lipinski definition) is 1. The minimum atomic E-state index is -4.25. The second-order valence-electron chi connectivity index (χ2n) is 10.5. The van der Waals surface area contributed by atoms with Crippen LogP contribution in [0.15, 0.2) is 71.6 Å². The zero-order chi connectivity index (χ0) is 29.8. The fourth-order valence-corrected chi connectivity index (χ4v) is 5.60. The molecular formula is C29H32Cl2FN3O4S. The van der Waals surface area contributed by atoms with Gasteiger partial charge in [-0.3, -0.25) is 13.9 Å². The molecule has 1 N–H and O–H groups in total. The molecule has 0 radical (unpaired) electrons. The van der Waals surface area contributed by atoms with Crippen LogP contribution >= 0.6 is 23.2 Å². The number of aryl methyl sites for hydroxylation is 1. The average Bonchev–Trinajstić information content (AvgIpc) is 2.87. The van der Waals surface area contributed by atoms with Gasteiger partial charge in [-0.15, -0.1) is 0 Å². The van der Waals surface area contributed by atoms with Crippen molar-refractivity contribution in [3.63, 3.8) is 0 Å². The Bertz CT molecular complexity index is 1470. The van der Waals surface area contributed by atoms with Crippen LogP contribution in [0.25, 0.3) is 0 Å². The summed E-state index contributed by atoms with van der Waals surface area (Å²) in [5.74, 6) is -1.63. The molecule has 1 atom stereocenters. The summed E-state index contributed by atoms with van der Waals surface area (Å²) in [4.78, 5) is 28.3. The molecule has 0 aliphatic heterocycles. The van der Waals surface area contributed by atoms with Gasteiger partial charge in [-0.1, -0.05) is 47.0 Å². The van der Waals surface area contributed by atoms with Crippen molar-refractivity contribution < 1.29 is 22.4 Å². The van der Waals surface area contributed by atoms with Crippen LogP contribution in [-0.2, 0) is 26.2 Å². The monoisotopic (exact) mass is 607 g/mol. The Labute approximate surface area is 244 Å². The molecule has 11 heteroatoms. The zero-order valence-corrected chi connectivity index (χ0v) is 25.2. The summed E-state index contributed by atoms with van der Waals surface area (Å²) in [6.07, 6.45) is 0. The molecule has 0 saturated heterocycles. The van der Waals surface area contributed by atoms with E-state index in [0.717, 1.165) is 22.0 Å². The van der Waals surface area contributed by atoms with E-state index in [4.69, 9.17) is 23.2 Å². The molecule has 2 amide bonds. The van der Waals surface area contributed by atoms with Crippen LogP contribution in [0, 0.1) is 12.7 Å². The van der Waals surface area contributed by atoms with Crippen LogP contribution in [0.4, 0.5) is 10.1 Å². The third kappa shape index (κ3) is 7.96. The number of carbonyl (C=O) groups excluding carboxylic acids is 2. The Morgan fingerprint density at radius 2 is 1.55 bits per heavy atom. The van der Waals surface area contributed by atoms with Gasteiger partial charge in [0, 0.05) is 12.1 Å². The Kier molecular flexibility index (Phi) is 9.87. The van der Waals surface area contributed by atoms with Crippen LogP contribution in [0.1, 0.15) is 38.8 Å². The lowest BCUT2D eigenvalue weighted by atomic mass is 10.1. The van der Waals surface area contributed by atoms with Gasteiger partial charge in [-0.2, -0.15) is 0 Å². The summed E-state index contributed by atoms with van der Waals surface area (Å²) in [5.41, 5.74) is 0.970. The van der Waals surface area contributed by atoms with Crippen molar-refractivity contribution in [2.75, 3.05) is 10.8 Å². The van der Waals surface area contributed by atoms with Gasteiger partial charge in [0.15, 0.2) is 0 Å². The molecule has 0 saturated carbocycles. The van der Waals surface area contributed by atoms with Crippen LogP contribution in [0.3, 0.4) is 0 Å². The molecule has 0 spiro atoms. The van der Waals surface area contributed by atoms with Gasteiger partial charge >= 0.3 is 0 Å². The van der Waals surface area contributed by atoms with Crippen LogP contribution < -0.4 is 9.62 Å². The molecule has 0 aromatic heterocycles. The third-order valence-corrected chi connectivity index (χ3v) is 8.53. The number of benzene rings is 3. The first-order chi connectivity index (χ1) is 18.6. The molecule has 0 heterocycles. The van der Waals surface area contributed by atoms with Crippen molar-refractivity contribution in [2.24, 2.45) is 0 Å². The minimum absolute atomic E-state index is 0.0372. The highest BCUT2D eigenvalue weighted by Gasteiger charge is 2.33. The Morgan fingerprint density at radius 1 is 0.950 bits per heavy atom. The molecule has 0 aliphatic carbocycles. The number of amides is 2. The number of hydrogen-bond acceptors (Lipinski definition) is 4. The van der Waals surface area contributed by atoms with E-state index in [1.165, 1.54) is 29.2 Å². The first kappa shape index (κ1) is 31.4. The fraction of sp³-hybridized carbons (Fsp3) is 0.310. The maximum absolute atomic E-state index is 13.9. The fourth-order valence-electron chi connectivity index (χ4n) is 3.86. The van der Waals surface area contributed by atoms with Crippen LogP contribution in [0.2, 0.25) is 10.0 Å². The SMILES string of the molecule is Cc1ccc(S(=O)(=O)N(CC(=O)N(Cc2ccc(Cl)c(Cl)c2)C(C)C(=O)NC(C)(C)C)c2ccc(F)cc2)cc1. The predicted molar refractivity (Wildman–Crippen MR) is 156 cm³/mol. The number of carbonyl (C=O) groups is 2. The summed E-state index contributed by atoms with van der Waals surface area (Å²) < 4.78 is 42.2. The highest BCUT2D eigenvalue weighted by Crippen LogP contribution is 2.27. The standard InChI is InChI=1S/C29H32Cl2FN3O4S/c1-19-6-13-24(14-7-19)40(38,39)35(23-11-9-22(32)10-12-23)18-27(36)34(20(2)28(37)33-29(3,4)5)17-21-8-15-25(30)26(31)16-21/h6-16,20H,17-18H2,1-5H3,(H,33,37). The van der Waals surface area contributed by atoms with E-state index in [1.54, 1.807) is 37.3 Å². The molecule has 40 heavy (non-hydrogen) atoms. The van der Waals surface area contributed by atoms with Crippen molar-refractivity contribution in [1.82, 2.24) is 10.2 Å². The van der Waals surface area contributed by atoms with E-state index in [9.17, 15) is 22.4 Å². The lowest BCUT2D eigenvalue weighted by Crippen LogP contribution is -2.54. The van der Waals surface area contributed by atoms with E-state index in [2.05, 4.69) is 5.32 Å². The largest absolute Gasteiger partial charge is 0.350 e. The number of rotatable bonds is 9. The van der Waals surface area contributed by atoms with E-state index < -0.39 is 45.8 Å². The number of nitrogens with zero attached hydrogens (tertiary/aromatic N) is 2. The molecule has 7 nitrogen and oxygen atoms in total. The van der Waals surface area contributed by atoms with Crippen molar-refractivity contribution in [1.29, 1.82) is 0 Å². The quantitative estimate of drug-likeness (QED) is 0.325. The van der Waals surface area contributed by atoms with Gasteiger partial charge in [-0.25, -0.2) is 12.8 Å². The van der Waals surface area contributed by atoms with Gasteiger partial charge in [0.05, 0.1) is 20.6 Å². The van der Waals surface area contributed by atoms with Gasteiger partial charge in [0.1, 0.15) is 18.4 Å². The predicted octanol–water partition coefficient (Wildman–Crippen LogP) is 5.97. The summed E-state index contributed by atoms with van der Waals surface area (Å²) in [6, 6.07) is 14.8. The molecule has 0 bridgehead atoms. The Balaban J connectivity index is 2.04. The minimum Gasteiger partial charge on any atom is -0.350 e. The second kappa shape index (κ2) is 12.6. The smallest absolute Gasteiger partial charge is 0.264 e. The van der Waals surface area contributed by atoms with Crippen molar-refractivity contribution in [2.45, 2.75) is 57.6 Å². The Morgan fingerprint density at radius 3 is 2.10 bits per heavy atom. The van der Waals surface area contributed by atoms with Crippen LogP contribution in [-0.4, -0.2) is 43.3 Å². The first-order valence-corrected chi connectivity index (χ1v) is 14.7. The molecule has 0 fully saturated rings. The van der Waals surface area contributed by atoms with Gasteiger partial charge in [0.2, 0.25) is 11.8 Å². The third-order valence-electron chi connectivity index (χ3n) is 6.00. The summed E-state index contributed by atoms with van der Waals surface area (Å²) in [7, 11) is -4.25. The molecular weight excluding hydrogens is 576 g/mol. The number of halogens is 3. The number of nitrogens with one attached hydrogen (secondary N) is 1. The van der Waals surface area contributed by atoms with Crippen molar-refractivity contribution in [3.05, 3.63) is 93.7 Å². The lowest BCUT2D eigenvalue weighted by molar-refractivity contribution is -0.140. The summed E-state index contributed by atoms with van der Waals surface area (Å²) >= 11 is 12.2. The molecule has 1 unspecified atom stereocenters. The maximum Gasteiger partial charge on any atom is 0.264 e. The van der Waals surface area contributed by atoms with E-state index in [1.807, 2.05) is 27.7 Å². The normalized spacial score (nSPS) is 12.5.